The summed E-state index contributed by atoms with van der Waals surface area (Å²) in [5.41, 5.74) is 1.18. The topological polar surface area (TPSA) is 59.6 Å². The molecule has 0 saturated heterocycles. The minimum Gasteiger partial charge on any atom is -0.491 e. The van der Waals surface area contributed by atoms with Crippen LogP contribution in [0.3, 0.4) is 0 Å². The van der Waals surface area contributed by atoms with Crippen molar-refractivity contribution in [1.82, 2.24) is 5.32 Å². The Morgan fingerprint density at radius 1 is 1.19 bits per heavy atom. The fraction of sp³-hybridized carbons (Fsp3) is 0.200. The van der Waals surface area contributed by atoms with Crippen molar-refractivity contribution >= 4 is 28.9 Å². The average Bonchev–Trinajstić information content (AvgIpc) is 2.59. The molecule has 0 spiro atoms. The molecule has 0 atom stereocenters. The summed E-state index contributed by atoms with van der Waals surface area (Å²) in [6.45, 7) is 7.89. The van der Waals surface area contributed by atoms with Crippen molar-refractivity contribution in [2.75, 3.05) is 11.9 Å². The Hall–Kier alpha value is -2.86. The second-order valence-corrected chi connectivity index (χ2v) is 6.14. The predicted molar refractivity (Wildman–Crippen MR) is 108 cm³/mol. The van der Waals surface area contributed by atoms with Gasteiger partial charge in [-0.1, -0.05) is 24.8 Å². The fourth-order valence-electron chi connectivity index (χ4n) is 2.14. The number of benzene rings is 2. The van der Waals surface area contributed by atoms with Crippen LogP contribution in [0, 0.1) is 0 Å². The molecule has 2 aromatic carbocycles. The van der Waals surface area contributed by atoms with Gasteiger partial charge in [0.1, 0.15) is 18.1 Å². The molecule has 0 aromatic heterocycles. The molecule has 136 valence electrons. The molecule has 0 aliphatic carbocycles. The summed E-state index contributed by atoms with van der Waals surface area (Å²) in [7, 11) is 0. The number of carbonyl (C=O) groups excluding carboxylic acids is 1. The molecule has 0 aliphatic rings. The first-order valence-electron chi connectivity index (χ1n) is 8.20. The normalized spacial score (nSPS) is 10.1. The minimum absolute atomic E-state index is 0.0339. The standard InChI is InChI=1S/C20H22N2O3S/c1-4-11-24-17-9-6-8-16(13-17)21-20(26)22-19(23)15-7-5-10-18(12-15)25-14(2)3/h4-10,12-14H,1,11H2,2-3H3,(H2,21,22,23,26). The lowest BCUT2D eigenvalue weighted by atomic mass is 10.2. The van der Waals surface area contributed by atoms with Crippen molar-refractivity contribution in [2.45, 2.75) is 20.0 Å². The van der Waals surface area contributed by atoms with Gasteiger partial charge in [0.15, 0.2) is 5.11 Å². The van der Waals surface area contributed by atoms with Gasteiger partial charge in [-0.25, -0.2) is 0 Å². The minimum atomic E-state index is -0.309. The molecule has 0 fully saturated rings. The highest BCUT2D eigenvalue weighted by Gasteiger charge is 2.10. The maximum absolute atomic E-state index is 12.4. The smallest absolute Gasteiger partial charge is 0.257 e. The van der Waals surface area contributed by atoms with Gasteiger partial charge in [-0.05, 0) is 56.4 Å². The molecule has 1 amide bonds. The number of amides is 1. The quantitative estimate of drug-likeness (QED) is 0.566. The monoisotopic (exact) mass is 370 g/mol. The van der Waals surface area contributed by atoms with Crippen LogP contribution in [-0.2, 0) is 0 Å². The van der Waals surface area contributed by atoms with Crippen LogP contribution < -0.4 is 20.1 Å². The molecule has 0 bridgehead atoms. The molecule has 0 unspecified atom stereocenters. The Morgan fingerprint density at radius 3 is 2.65 bits per heavy atom. The summed E-state index contributed by atoms with van der Waals surface area (Å²) in [5, 5.41) is 5.83. The van der Waals surface area contributed by atoms with Crippen LogP contribution in [0.4, 0.5) is 5.69 Å². The van der Waals surface area contributed by atoms with Crippen molar-refractivity contribution in [1.29, 1.82) is 0 Å². The Balaban J connectivity index is 1.97. The number of ether oxygens (including phenoxy) is 2. The van der Waals surface area contributed by atoms with Crippen molar-refractivity contribution in [2.24, 2.45) is 0 Å². The van der Waals surface area contributed by atoms with E-state index in [1.165, 1.54) is 0 Å². The molecule has 0 radical (unpaired) electrons. The lowest BCUT2D eigenvalue weighted by molar-refractivity contribution is 0.0977. The van der Waals surface area contributed by atoms with E-state index in [1.807, 2.05) is 38.1 Å². The molecule has 0 aliphatic heterocycles. The van der Waals surface area contributed by atoms with E-state index in [2.05, 4.69) is 17.2 Å². The van der Waals surface area contributed by atoms with Crippen molar-refractivity contribution in [3.05, 3.63) is 66.7 Å². The van der Waals surface area contributed by atoms with E-state index in [4.69, 9.17) is 21.7 Å². The average molecular weight is 370 g/mol. The van der Waals surface area contributed by atoms with E-state index in [9.17, 15) is 4.79 Å². The Morgan fingerprint density at radius 2 is 1.92 bits per heavy atom. The number of rotatable bonds is 7. The SMILES string of the molecule is C=CCOc1cccc(NC(=S)NC(=O)c2cccc(OC(C)C)c2)c1. The number of hydrogen-bond acceptors (Lipinski definition) is 4. The van der Waals surface area contributed by atoms with Crippen LogP contribution >= 0.6 is 12.2 Å². The van der Waals surface area contributed by atoms with Crippen LogP contribution in [0.5, 0.6) is 11.5 Å². The van der Waals surface area contributed by atoms with E-state index in [0.29, 0.717) is 29.4 Å². The highest BCUT2D eigenvalue weighted by molar-refractivity contribution is 7.80. The van der Waals surface area contributed by atoms with Crippen molar-refractivity contribution in [3.63, 3.8) is 0 Å². The summed E-state index contributed by atoms with van der Waals surface area (Å²) >= 11 is 5.21. The lowest BCUT2D eigenvalue weighted by Crippen LogP contribution is -2.34. The second-order valence-electron chi connectivity index (χ2n) is 5.73. The van der Waals surface area contributed by atoms with Gasteiger partial charge >= 0.3 is 0 Å². The van der Waals surface area contributed by atoms with Gasteiger partial charge in [0.2, 0.25) is 0 Å². The summed E-state index contributed by atoms with van der Waals surface area (Å²) in [5.74, 6) is 1.01. The number of thiocarbonyl (C=S) groups is 1. The summed E-state index contributed by atoms with van der Waals surface area (Å²) in [6.07, 6.45) is 1.70. The van der Waals surface area contributed by atoms with Crippen LogP contribution in [0.15, 0.2) is 61.2 Å². The first kappa shape index (κ1) is 19.5. The second kappa shape index (κ2) is 9.58. The highest BCUT2D eigenvalue weighted by atomic mass is 32.1. The summed E-state index contributed by atoms with van der Waals surface area (Å²) < 4.78 is 11.1. The van der Waals surface area contributed by atoms with E-state index >= 15 is 0 Å². The molecule has 6 heteroatoms. The van der Waals surface area contributed by atoms with Gasteiger partial charge < -0.3 is 14.8 Å². The molecule has 26 heavy (non-hydrogen) atoms. The van der Waals surface area contributed by atoms with E-state index in [-0.39, 0.29) is 17.1 Å². The third-order valence-electron chi connectivity index (χ3n) is 3.15. The number of nitrogens with one attached hydrogen (secondary N) is 2. The van der Waals surface area contributed by atoms with E-state index < -0.39 is 0 Å². The largest absolute Gasteiger partial charge is 0.491 e. The maximum Gasteiger partial charge on any atom is 0.257 e. The zero-order valence-electron chi connectivity index (χ0n) is 14.8. The molecule has 2 N–H and O–H groups in total. The lowest BCUT2D eigenvalue weighted by Gasteiger charge is -2.12. The zero-order valence-corrected chi connectivity index (χ0v) is 15.6. The van der Waals surface area contributed by atoms with Gasteiger partial charge in [-0.2, -0.15) is 0 Å². The number of anilines is 1. The van der Waals surface area contributed by atoms with Gasteiger partial charge in [-0.15, -0.1) is 0 Å². The third kappa shape index (κ3) is 6.22. The van der Waals surface area contributed by atoms with Gasteiger partial charge in [0, 0.05) is 17.3 Å². The molecule has 2 rings (SSSR count). The van der Waals surface area contributed by atoms with Gasteiger partial charge in [0.05, 0.1) is 6.10 Å². The first-order valence-corrected chi connectivity index (χ1v) is 8.61. The fourth-order valence-corrected chi connectivity index (χ4v) is 2.35. The molecule has 2 aromatic rings. The number of carbonyl (C=O) groups is 1. The highest BCUT2D eigenvalue weighted by Crippen LogP contribution is 2.18. The third-order valence-corrected chi connectivity index (χ3v) is 3.36. The molecular weight excluding hydrogens is 348 g/mol. The maximum atomic E-state index is 12.4. The van der Waals surface area contributed by atoms with Crippen LogP contribution in [-0.4, -0.2) is 23.7 Å². The van der Waals surface area contributed by atoms with Crippen LogP contribution in [0.25, 0.3) is 0 Å². The van der Waals surface area contributed by atoms with E-state index in [0.717, 1.165) is 0 Å². The van der Waals surface area contributed by atoms with Crippen molar-refractivity contribution in [3.8, 4) is 11.5 Å². The van der Waals surface area contributed by atoms with Crippen LogP contribution in [0.2, 0.25) is 0 Å². The Kier molecular flexibility index (Phi) is 7.17. The molecular formula is C20H22N2O3S. The summed E-state index contributed by atoms with van der Waals surface area (Å²) in [4.78, 5) is 12.4. The van der Waals surface area contributed by atoms with E-state index in [1.54, 1.807) is 30.3 Å². The molecule has 0 heterocycles. The van der Waals surface area contributed by atoms with Crippen molar-refractivity contribution < 1.29 is 14.3 Å². The van der Waals surface area contributed by atoms with Gasteiger partial charge in [-0.3, -0.25) is 10.1 Å². The Bertz CT molecular complexity index is 790. The number of hydrogen-bond donors (Lipinski definition) is 2. The molecule has 5 nitrogen and oxygen atoms in total. The predicted octanol–water partition coefficient (Wildman–Crippen LogP) is 4.17. The summed E-state index contributed by atoms with van der Waals surface area (Å²) in [6, 6.07) is 14.2. The first-order chi connectivity index (χ1) is 12.5. The Labute approximate surface area is 159 Å². The van der Waals surface area contributed by atoms with Gasteiger partial charge in [0.25, 0.3) is 5.91 Å². The molecule has 0 saturated carbocycles. The van der Waals surface area contributed by atoms with Crippen LogP contribution in [0.1, 0.15) is 24.2 Å². The zero-order chi connectivity index (χ0) is 18.9.